The highest BCUT2D eigenvalue weighted by atomic mass is 35.5. The van der Waals surface area contributed by atoms with Crippen molar-refractivity contribution >= 4 is 52.1 Å². The van der Waals surface area contributed by atoms with E-state index in [1.807, 2.05) is 0 Å². The molecule has 1 N–H and O–H groups in total. The molecule has 0 atom stereocenters. The summed E-state index contributed by atoms with van der Waals surface area (Å²) in [5.74, 6) is 0. The Morgan fingerprint density at radius 2 is 1.47 bits per heavy atom. The standard InChI is InChI=1S/C11H2Cl4N4/c12-6-1-7(10(14)11(15)9(6)13)19-8(4-18)5(2-16)3-17/h1,19H. The highest BCUT2D eigenvalue weighted by Gasteiger charge is 2.15. The normalized spacial score (nSPS) is 8.89. The maximum atomic E-state index is 8.90. The summed E-state index contributed by atoms with van der Waals surface area (Å²) in [6.07, 6.45) is 0. The largest absolute Gasteiger partial charge is 0.344 e. The monoisotopic (exact) mass is 330 g/mol. The van der Waals surface area contributed by atoms with Crippen LogP contribution in [0.4, 0.5) is 5.69 Å². The van der Waals surface area contributed by atoms with E-state index < -0.39 is 0 Å². The van der Waals surface area contributed by atoms with Gasteiger partial charge in [0, 0.05) is 0 Å². The van der Waals surface area contributed by atoms with Crippen LogP contribution in [0, 0.1) is 34.0 Å². The lowest BCUT2D eigenvalue weighted by Gasteiger charge is -2.10. The number of halogens is 4. The molecular formula is C11H2Cl4N4. The molecule has 0 aromatic heterocycles. The van der Waals surface area contributed by atoms with Crippen molar-refractivity contribution in [1.82, 2.24) is 0 Å². The van der Waals surface area contributed by atoms with E-state index in [0.29, 0.717) is 0 Å². The van der Waals surface area contributed by atoms with Crippen molar-refractivity contribution in [3.63, 3.8) is 0 Å². The first kappa shape index (κ1) is 15.4. The summed E-state index contributed by atoms with van der Waals surface area (Å²) in [7, 11) is 0. The number of nitrogens with one attached hydrogen (secondary N) is 1. The van der Waals surface area contributed by atoms with E-state index in [0.717, 1.165) is 0 Å². The van der Waals surface area contributed by atoms with Crippen LogP contribution in [0.1, 0.15) is 0 Å². The number of nitriles is 3. The molecule has 8 heteroatoms. The first-order chi connectivity index (χ1) is 8.96. The van der Waals surface area contributed by atoms with Gasteiger partial charge in [0.2, 0.25) is 0 Å². The van der Waals surface area contributed by atoms with E-state index in [4.69, 9.17) is 62.2 Å². The van der Waals surface area contributed by atoms with E-state index in [1.54, 1.807) is 18.2 Å². The van der Waals surface area contributed by atoms with Gasteiger partial charge in [0.1, 0.15) is 23.9 Å². The van der Waals surface area contributed by atoms with Crippen LogP contribution in [0.5, 0.6) is 0 Å². The second-order valence-corrected chi connectivity index (χ2v) is 4.60. The lowest BCUT2D eigenvalue weighted by Crippen LogP contribution is -2.01. The first-order valence-corrected chi connectivity index (χ1v) is 6.02. The SMILES string of the molecule is N#CC(C#N)=C(C#N)Nc1cc(Cl)c(Cl)c(Cl)c1Cl. The molecule has 1 aromatic rings. The van der Waals surface area contributed by atoms with Crippen molar-refractivity contribution in [2.24, 2.45) is 0 Å². The van der Waals surface area contributed by atoms with Crippen LogP contribution >= 0.6 is 46.4 Å². The molecule has 0 fully saturated rings. The van der Waals surface area contributed by atoms with Gasteiger partial charge in [0.15, 0.2) is 5.57 Å². The zero-order valence-corrected chi connectivity index (χ0v) is 12.0. The number of nitrogens with zero attached hydrogens (tertiary/aromatic N) is 3. The Morgan fingerprint density at radius 3 is 1.95 bits per heavy atom. The summed E-state index contributed by atoms with van der Waals surface area (Å²) in [6, 6.07) is 6.18. The van der Waals surface area contributed by atoms with Gasteiger partial charge in [-0.05, 0) is 6.07 Å². The summed E-state index contributed by atoms with van der Waals surface area (Å²) in [4.78, 5) is 0. The van der Waals surface area contributed by atoms with Gasteiger partial charge in [-0.25, -0.2) is 0 Å². The Kier molecular flexibility index (Phi) is 5.31. The van der Waals surface area contributed by atoms with Gasteiger partial charge in [-0.15, -0.1) is 0 Å². The lowest BCUT2D eigenvalue weighted by atomic mass is 10.2. The van der Waals surface area contributed by atoms with E-state index in [2.05, 4.69) is 5.32 Å². The summed E-state index contributed by atoms with van der Waals surface area (Å²) >= 11 is 23.4. The number of hydrogen-bond acceptors (Lipinski definition) is 4. The first-order valence-electron chi connectivity index (χ1n) is 4.50. The van der Waals surface area contributed by atoms with Crippen molar-refractivity contribution < 1.29 is 0 Å². The molecule has 0 saturated carbocycles. The van der Waals surface area contributed by atoms with Gasteiger partial charge < -0.3 is 5.32 Å². The van der Waals surface area contributed by atoms with Crippen molar-refractivity contribution in [1.29, 1.82) is 15.8 Å². The molecule has 19 heavy (non-hydrogen) atoms. The Morgan fingerprint density at radius 1 is 0.895 bits per heavy atom. The zero-order chi connectivity index (χ0) is 14.6. The molecule has 0 aliphatic carbocycles. The van der Waals surface area contributed by atoms with Crippen molar-refractivity contribution in [3.05, 3.63) is 37.4 Å². The summed E-state index contributed by atoms with van der Waals surface area (Å²) in [6.45, 7) is 0. The molecule has 1 rings (SSSR count). The molecule has 0 aliphatic rings. The molecule has 1 aromatic carbocycles. The van der Waals surface area contributed by atoms with E-state index in [9.17, 15) is 0 Å². The quantitative estimate of drug-likeness (QED) is 0.490. The second kappa shape index (κ2) is 6.53. The third-order valence-corrected chi connectivity index (χ3v) is 3.70. The maximum Gasteiger partial charge on any atom is 0.163 e. The molecule has 0 bridgehead atoms. The number of rotatable bonds is 2. The maximum absolute atomic E-state index is 8.90. The Bertz CT molecular complexity index is 673. The van der Waals surface area contributed by atoms with E-state index in [1.165, 1.54) is 6.07 Å². The Hall–Kier alpha value is -1.61. The van der Waals surface area contributed by atoms with Gasteiger partial charge in [-0.3, -0.25) is 0 Å². The van der Waals surface area contributed by atoms with Crippen LogP contribution in [0.25, 0.3) is 0 Å². The second-order valence-electron chi connectivity index (χ2n) is 3.06. The molecule has 0 spiro atoms. The van der Waals surface area contributed by atoms with Crippen LogP contribution in [0.15, 0.2) is 17.3 Å². The highest BCUT2D eigenvalue weighted by Crippen LogP contribution is 2.41. The van der Waals surface area contributed by atoms with Crippen molar-refractivity contribution in [3.8, 4) is 18.2 Å². The molecular weight excluding hydrogens is 330 g/mol. The smallest absolute Gasteiger partial charge is 0.163 e. The van der Waals surface area contributed by atoms with Crippen LogP contribution in [0.3, 0.4) is 0 Å². The van der Waals surface area contributed by atoms with Crippen LogP contribution in [0.2, 0.25) is 20.1 Å². The number of allylic oxidation sites excluding steroid dienone is 2. The molecule has 0 aliphatic heterocycles. The van der Waals surface area contributed by atoms with Crippen LogP contribution in [-0.4, -0.2) is 0 Å². The van der Waals surface area contributed by atoms with Crippen LogP contribution < -0.4 is 5.32 Å². The summed E-state index contributed by atoms with van der Waals surface area (Å²) < 4.78 is 0. The molecule has 0 saturated heterocycles. The molecule has 4 nitrogen and oxygen atoms in total. The molecule has 0 radical (unpaired) electrons. The molecule has 0 amide bonds. The van der Waals surface area contributed by atoms with Gasteiger partial charge in [-0.1, -0.05) is 46.4 Å². The number of benzene rings is 1. The minimum absolute atomic E-state index is 0.00564. The van der Waals surface area contributed by atoms with E-state index in [-0.39, 0.29) is 37.0 Å². The van der Waals surface area contributed by atoms with Crippen LogP contribution in [-0.2, 0) is 0 Å². The summed E-state index contributed by atoms with van der Waals surface area (Å²) in [5, 5.41) is 29.0. The average molecular weight is 332 g/mol. The highest BCUT2D eigenvalue weighted by molar-refractivity contribution is 6.52. The fourth-order valence-corrected chi connectivity index (χ4v) is 1.93. The van der Waals surface area contributed by atoms with Gasteiger partial charge in [0.25, 0.3) is 0 Å². The molecule has 0 heterocycles. The lowest BCUT2D eigenvalue weighted by molar-refractivity contribution is 1.37. The van der Waals surface area contributed by atoms with E-state index >= 15 is 0 Å². The summed E-state index contributed by atoms with van der Waals surface area (Å²) in [5.41, 5.74) is -0.484. The Labute approximate surface area is 129 Å². The fourth-order valence-electron chi connectivity index (χ4n) is 1.08. The minimum atomic E-state index is -0.388. The zero-order valence-electron chi connectivity index (χ0n) is 8.93. The number of anilines is 1. The predicted molar refractivity (Wildman–Crippen MR) is 74.0 cm³/mol. The fraction of sp³-hybridized carbons (Fsp3) is 0. The van der Waals surface area contributed by atoms with Gasteiger partial charge in [-0.2, -0.15) is 15.8 Å². The van der Waals surface area contributed by atoms with Gasteiger partial charge in [0.05, 0.1) is 25.8 Å². The minimum Gasteiger partial charge on any atom is -0.344 e. The number of hydrogen-bond donors (Lipinski definition) is 1. The van der Waals surface area contributed by atoms with Gasteiger partial charge >= 0.3 is 0 Å². The average Bonchev–Trinajstić information content (AvgIpc) is 2.42. The third-order valence-electron chi connectivity index (χ3n) is 1.95. The third kappa shape index (κ3) is 3.24. The molecule has 0 unspecified atom stereocenters. The van der Waals surface area contributed by atoms with Crippen molar-refractivity contribution in [2.75, 3.05) is 5.32 Å². The molecule has 94 valence electrons. The predicted octanol–water partition coefficient (Wildman–Crippen LogP) is 4.54. The Balaban J connectivity index is 3.38. The van der Waals surface area contributed by atoms with Crippen molar-refractivity contribution in [2.45, 2.75) is 0 Å². The topological polar surface area (TPSA) is 83.4 Å².